The first-order valence-electron chi connectivity index (χ1n) is 5.01. The molecule has 0 fully saturated rings. The molecular formula is C13H10ClFO2. The molecule has 0 aromatic heterocycles. The molecule has 2 nitrogen and oxygen atoms in total. The molecule has 0 aliphatic rings. The van der Waals surface area contributed by atoms with Gasteiger partial charge in [0.05, 0.1) is 0 Å². The minimum Gasteiger partial charge on any atom is -0.508 e. The molecular weight excluding hydrogens is 243 g/mol. The Bertz CT molecular complexity index is 511. The molecule has 2 aromatic rings. The fourth-order valence-electron chi connectivity index (χ4n) is 1.35. The van der Waals surface area contributed by atoms with Gasteiger partial charge in [0, 0.05) is 16.7 Å². The molecule has 1 N–H and O–H groups in total. The lowest BCUT2D eigenvalue weighted by atomic mass is 10.2. The zero-order valence-corrected chi connectivity index (χ0v) is 9.62. The van der Waals surface area contributed by atoms with Crippen LogP contribution in [0.4, 0.5) is 4.39 Å². The van der Waals surface area contributed by atoms with Gasteiger partial charge in [-0.1, -0.05) is 11.6 Å². The van der Waals surface area contributed by atoms with E-state index in [-0.39, 0.29) is 12.4 Å². The average Bonchev–Trinajstić information content (AvgIpc) is 2.30. The fourth-order valence-corrected chi connectivity index (χ4v) is 1.47. The van der Waals surface area contributed by atoms with Crippen LogP contribution in [0.25, 0.3) is 0 Å². The van der Waals surface area contributed by atoms with Gasteiger partial charge in [-0.05, 0) is 36.4 Å². The molecule has 4 heteroatoms. The van der Waals surface area contributed by atoms with E-state index in [4.69, 9.17) is 21.4 Å². The average molecular weight is 253 g/mol. The minimum absolute atomic E-state index is 0.0993. The second kappa shape index (κ2) is 5.06. The molecule has 2 aromatic carbocycles. The number of ether oxygens (including phenoxy) is 1. The van der Waals surface area contributed by atoms with E-state index in [0.29, 0.717) is 16.3 Å². The summed E-state index contributed by atoms with van der Waals surface area (Å²) in [6.07, 6.45) is 0. The second-order valence-corrected chi connectivity index (χ2v) is 3.95. The number of benzene rings is 2. The molecule has 0 radical (unpaired) electrons. The van der Waals surface area contributed by atoms with Gasteiger partial charge in [0.2, 0.25) is 0 Å². The van der Waals surface area contributed by atoms with Gasteiger partial charge in [0.15, 0.2) is 0 Å². The number of halogens is 2. The Morgan fingerprint density at radius 2 is 1.82 bits per heavy atom. The van der Waals surface area contributed by atoms with Gasteiger partial charge in [-0.15, -0.1) is 0 Å². The maximum Gasteiger partial charge on any atom is 0.133 e. The lowest BCUT2D eigenvalue weighted by Crippen LogP contribution is -1.98. The Morgan fingerprint density at radius 1 is 1.12 bits per heavy atom. The van der Waals surface area contributed by atoms with Crippen molar-refractivity contribution in [2.24, 2.45) is 0 Å². The third-order valence-electron chi connectivity index (χ3n) is 2.24. The largest absolute Gasteiger partial charge is 0.508 e. The summed E-state index contributed by atoms with van der Waals surface area (Å²) in [6.45, 7) is 0.105. The van der Waals surface area contributed by atoms with Crippen LogP contribution in [0.5, 0.6) is 11.5 Å². The summed E-state index contributed by atoms with van der Waals surface area (Å²) in [5.74, 6) is 0.0265. The van der Waals surface area contributed by atoms with Gasteiger partial charge in [-0.25, -0.2) is 4.39 Å². The summed E-state index contributed by atoms with van der Waals surface area (Å²) in [4.78, 5) is 0. The summed E-state index contributed by atoms with van der Waals surface area (Å²) in [6, 6.07) is 10.8. The van der Waals surface area contributed by atoms with Crippen LogP contribution < -0.4 is 4.74 Å². The zero-order chi connectivity index (χ0) is 12.3. The number of hydrogen-bond acceptors (Lipinski definition) is 2. The van der Waals surface area contributed by atoms with Gasteiger partial charge >= 0.3 is 0 Å². The van der Waals surface area contributed by atoms with Crippen LogP contribution in [-0.4, -0.2) is 5.11 Å². The van der Waals surface area contributed by atoms with Crippen molar-refractivity contribution in [3.05, 3.63) is 58.9 Å². The second-order valence-electron chi connectivity index (χ2n) is 3.52. The van der Waals surface area contributed by atoms with E-state index in [1.54, 1.807) is 24.3 Å². The first-order valence-corrected chi connectivity index (χ1v) is 5.39. The van der Waals surface area contributed by atoms with Crippen molar-refractivity contribution in [1.82, 2.24) is 0 Å². The molecule has 88 valence electrons. The molecule has 0 saturated heterocycles. The van der Waals surface area contributed by atoms with Crippen LogP contribution in [0.2, 0.25) is 5.02 Å². The Morgan fingerprint density at radius 3 is 2.47 bits per heavy atom. The first-order chi connectivity index (χ1) is 8.15. The van der Waals surface area contributed by atoms with Gasteiger partial charge in [-0.2, -0.15) is 0 Å². The zero-order valence-electron chi connectivity index (χ0n) is 8.86. The van der Waals surface area contributed by atoms with Gasteiger partial charge in [0.25, 0.3) is 0 Å². The van der Waals surface area contributed by atoms with E-state index in [2.05, 4.69) is 0 Å². The normalized spacial score (nSPS) is 10.2. The molecule has 0 atom stereocenters. The van der Waals surface area contributed by atoms with Crippen molar-refractivity contribution < 1.29 is 14.2 Å². The number of aromatic hydroxyl groups is 1. The van der Waals surface area contributed by atoms with Crippen molar-refractivity contribution in [3.8, 4) is 11.5 Å². The molecule has 0 heterocycles. The Labute approximate surface area is 103 Å². The Kier molecular flexibility index (Phi) is 3.49. The summed E-state index contributed by atoms with van der Waals surface area (Å²) >= 11 is 5.73. The maximum absolute atomic E-state index is 13.4. The molecule has 0 saturated carbocycles. The number of rotatable bonds is 3. The predicted octanol–water partition coefficient (Wildman–Crippen LogP) is 3.76. The molecule has 17 heavy (non-hydrogen) atoms. The van der Waals surface area contributed by atoms with Crippen LogP contribution in [0.15, 0.2) is 42.5 Å². The van der Waals surface area contributed by atoms with Crippen molar-refractivity contribution in [2.45, 2.75) is 6.61 Å². The highest BCUT2D eigenvalue weighted by Crippen LogP contribution is 2.19. The van der Waals surface area contributed by atoms with E-state index in [1.807, 2.05) is 0 Å². The predicted molar refractivity (Wildman–Crippen MR) is 63.8 cm³/mol. The van der Waals surface area contributed by atoms with Crippen LogP contribution in [0, 0.1) is 5.82 Å². The highest BCUT2D eigenvalue weighted by Gasteiger charge is 2.04. The van der Waals surface area contributed by atoms with E-state index >= 15 is 0 Å². The van der Waals surface area contributed by atoms with Crippen LogP contribution in [-0.2, 0) is 6.61 Å². The highest BCUT2D eigenvalue weighted by molar-refractivity contribution is 6.30. The van der Waals surface area contributed by atoms with E-state index in [0.717, 1.165) is 6.07 Å². The lowest BCUT2D eigenvalue weighted by molar-refractivity contribution is 0.299. The SMILES string of the molecule is Oc1ccc(COc2ccc(Cl)cc2)c(F)c1. The van der Waals surface area contributed by atoms with Gasteiger partial charge in [-0.3, -0.25) is 0 Å². The Hall–Kier alpha value is -1.74. The molecule has 0 spiro atoms. The van der Waals surface area contributed by atoms with Crippen LogP contribution in [0.1, 0.15) is 5.56 Å². The van der Waals surface area contributed by atoms with E-state index in [9.17, 15) is 4.39 Å². The number of hydrogen-bond donors (Lipinski definition) is 1. The summed E-state index contributed by atoms with van der Waals surface area (Å²) < 4.78 is 18.7. The smallest absolute Gasteiger partial charge is 0.133 e. The standard InChI is InChI=1S/C13H10ClFO2/c14-10-2-5-12(6-3-10)17-8-9-1-4-11(16)7-13(9)15/h1-7,16H,8H2. The van der Waals surface area contributed by atoms with Crippen LogP contribution >= 0.6 is 11.6 Å². The van der Waals surface area contributed by atoms with Gasteiger partial charge < -0.3 is 9.84 Å². The molecule has 0 aliphatic carbocycles. The van der Waals surface area contributed by atoms with Crippen molar-refractivity contribution in [1.29, 1.82) is 0 Å². The van der Waals surface area contributed by atoms with E-state index < -0.39 is 5.82 Å². The Balaban J connectivity index is 2.04. The van der Waals surface area contributed by atoms with Crippen molar-refractivity contribution in [3.63, 3.8) is 0 Å². The van der Waals surface area contributed by atoms with E-state index in [1.165, 1.54) is 12.1 Å². The van der Waals surface area contributed by atoms with Crippen molar-refractivity contribution >= 4 is 11.6 Å². The quantitative estimate of drug-likeness (QED) is 0.901. The third kappa shape index (κ3) is 3.11. The summed E-state index contributed by atoms with van der Waals surface area (Å²) in [7, 11) is 0. The van der Waals surface area contributed by atoms with Crippen molar-refractivity contribution in [2.75, 3.05) is 0 Å². The minimum atomic E-state index is -0.487. The lowest BCUT2D eigenvalue weighted by Gasteiger charge is -2.07. The first kappa shape index (κ1) is 11.7. The van der Waals surface area contributed by atoms with Gasteiger partial charge in [0.1, 0.15) is 23.9 Å². The fraction of sp³-hybridized carbons (Fsp3) is 0.0769. The third-order valence-corrected chi connectivity index (χ3v) is 2.50. The molecule has 2 rings (SSSR count). The topological polar surface area (TPSA) is 29.5 Å². The highest BCUT2D eigenvalue weighted by atomic mass is 35.5. The number of phenolic OH excluding ortho intramolecular Hbond substituents is 1. The monoisotopic (exact) mass is 252 g/mol. The van der Waals surface area contributed by atoms with Crippen LogP contribution in [0.3, 0.4) is 0 Å². The number of phenols is 1. The summed E-state index contributed by atoms with van der Waals surface area (Å²) in [5, 5.41) is 9.68. The molecule has 0 aliphatic heterocycles. The molecule has 0 bridgehead atoms. The molecule has 0 unspecified atom stereocenters. The maximum atomic E-state index is 13.4. The summed E-state index contributed by atoms with van der Waals surface area (Å²) in [5.41, 5.74) is 0.387. The molecule has 0 amide bonds.